The minimum atomic E-state index is -0.0920. The van der Waals surface area contributed by atoms with Gasteiger partial charge in [0.05, 0.1) is 9.35 Å². The molecule has 0 fully saturated rings. The molecule has 0 aliphatic heterocycles. The topological polar surface area (TPSA) is 30.2 Å². The number of rotatable bonds is 2. The van der Waals surface area contributed by atoms with Gasteiger partial charge in [-0.25, -0.2) is 0 Å². The van der Waals surface area contributed by atoms with Crippen molar-refractivity contribution >= 4 is 49.0 Å². The van der Waals surface area contributed by atoms with Gasteiger partial charge in [-0.1, -0.05) is 0 Å². The van der Waals surface area contributed by atoms with Crippen LogP contribution in [0.3, 0.4) is 0 Å². The minimum absolute atomic E-state index is 0.0920. The van der Waals surface area contributed by atoms with Crippen molar-refractivity contribution in [3.8, 4) is 0 Å². The lowest BCUT2D eigenvalue weighted by Gasteiger charge is -1.94. The lowest BCUT2D eigenvalue weighted by Crippen LogP contribution is -1.96. The molecule has 78 valence electrons. The van der Waals surface area contributed by atoms with Crippen LogP contribution in [0.2, 0.25) is 0 Å². The maximum atomic E-state index is 12.0. The van der Waals surface area contributed by atoms with E-state index < -0.39 is 0 Å². The zero-order valence-electron chi connectivity index (χ0n) is 7.71. The second-order valence-corrected chi connectivity index (χ2v) is 5.49. The first-order valence-electron chi connectivity index (χ1n) is 4.13. The van der Waals surface area contributed by atoms with Crippen molar-refractivity contribution in [2.75, 3.05) is 0 Å². The highest BCUT2D eigenvalue weighted by Crippen LogP contribution is 2.34. The number of furan rings is 1. The van der Waals surface area contributed by atoms with Crippen LogP contribution >= 0.6 is 43.2 Å². The van der Waals surface area contributed by atoms with Gasteiger partial charge in [0.1, 0.15) is 5.76 Å². The second kappa shape index (κ2) is 4.23. The summed E-state index contributed by atoms with van der Waals surface area (Å²) in [5.41, 5.74) is 0. The number of hydrogen-bond acceptors (Lipinski definition) is 3. The SMILES string of the molecule is Cc1ccc(C(=O)c2scc(Br)c2Br)o1. The van der Waals surface area contributed by atoms with Crippen LogP contribution in [-0.4, -0.2) is 5.78 Å². The molecule has 0 bridgehead atoms. The molecule has 2 aromatic rings. The quantitative estimate of drug-likeness (QED) is 0.752. The number of thiophene rings is 1. The highest BCUT2D eigenvalue weighted by atomic mass is 79.9. The van der Waals surface area contributed by atoms with E-state index in [1.807, 2.05) is 12.3 Å². The average molecular weight is 350 g/mol. The summed E-state index contributed by atoms with van der Waals surface area (Å²) in [6, 6.07) is 3.47. The molecule has 2 aromatic heterocycles. The first-order valence-corrected chi connectivity index (χ1v) is 6.60. The van der Waals surface area contributed by atoms with Gasteiger partial charge in [-0.2, -0.15) is 0 Å². The Labute approximate surface area is 108 Å². The summed E-state index contributed by atoms with van der Waals surface area (Å²) in [5.74, 6) is 1.03. The smallest absolute Gasteiger partial charge is 0.239 e. The molecule has 0 aromatic carbocycles. The zero-order chi connectivity index (χ0) is 11.0. The molecule has 0 saturated carbocycles. The Hall–Kier alpha value is -0.390. The van der Waals surface area contributed by atoms with Gasteiger partial charge in [0.25, 0.3) is 0 Å². The molecule has 0 saturated heterocycles. The third kappa shape index (κ3) is 2.09. The number of ketones is 1. The Bertz CT molecular complexity index is 513. The molecule has 0 aliphatic rings. The van der Waals surface area contributed by atoms with Crippen LogP contribution in [0, 0.1) is 6.92 Å². The molecule has 5 heteroatoms. The summed E-state index contributed by atoms with van der Waals surface area (Å²) in [5, 5.41) is 1.87. The molecule has 0 atom stereocenters. The minimum Gasteiger partial charge on any atom is -0.458 e. The van der Waals surface area contributed by atoms with Crippen LogP contribution in [0.4, 0.5) is 0 Å². The predicted octanol–water partition coefficient (Wildman–Crippen LogP) is 4.41. The Balaban J connectivity index is 2.41. The van der Waals surface area contributed by atoms with E-state index in [1.54, 1.807) is 12.1 Å². The fraction of sp³-hybridized carbons (Fsp3) is 0.100. The van der Waals surface area contributed by atoms with Crippen molar-refractivity contribution in [2.24, 2.45) is 0 Å². The Morgan fingerprint density at radius 3 is 2.60 bits per heavy atom. The molecule has 0 aliphatic carbocycles. The number of carbonyl (C=O) groups excluding carboxylic acids is 1. The first-order chi connectivity index (χ1) is 7.09. The van der Waals surface area contributed by atoms with E-state index >= 15 is 0 Å². The normalized spacial score (nSPS) is 10.6. The third-order valence-electron chi connectivity index (χ3n) is 1.86. The van der Waals surface area contributed by atoms with Crippen molar-refractivity contribution in [1.82, 2.24) is 0 Å². The molecular formula is C10H6Br2O2S. The van der Waals surface area contributed by atoms with E-state index in [2.05, 4.69) is 31.9 Å². The van der Waals surface area contributed by atoms with Crippen molar-refractivity contribution in [2.45, 2.75) is 6.92 Å². The lowest BCUT2D eigenvalue weighted by molar-refractivity contribution is 0.101. The summed E-state index contributed by atoms with van der Waals surface area (Å²) in [6.07, 6.45) is 0. The molecule has 0 unspecified atom stereocenters. The summed E-state index contributed by atoms with van der Waals surface area (Å²) in [7, 11) is 0. The van der Waals surface area contributed by atoms with Gasteiger partial charge in [-0.05, 0) is 50.9 Å². The molecule has 15 heavy (non-hydrogen) atoms. The second-order valence-electron chi connectivity index (χ2n) is 2.97. The van der Waals surface area contributed by atoms with Gasteiger partial charge in [0.15, 0.2) is 5.76 Å². The highest BCUT2D eigenvalue weighted by molar-refractivity contribution is 9.13. The molecule has 2 nitrogen and oxygen atoms in total. The third-order valence-corrected chi connectivity index (χ3v) is 5.39. The van der Waals surface area contributed by atoms with Crippen LogP contribution in [0.1, 0.15) is 21.2 Å². The van der Waals surface area contributed by atoms with Gasteiger partial charge >= 0.3 is 0 Å². The summed E-state index contributed by atoms with van der Waals surface area (Å²) in [6.45, 7) is 1.82. The van der Waals surface area contributed by atoms with E-state index in [1.165, 1.54) is 11.3 Å². The van der Waals surface area contributed by atoms with Gasteiger partial charge in [-0.3, -0.25) is 4.79 Å². The molecule has 2 rings (SSSR count). The molecule has 0 spiro atoms. The van der Waals surface area contributed by atoms with E-state index in [9.17, 15) is 4.79 Å². The maximum absolute atomic E-state index is 12.0. The standard InChI is InChI=1S/C10H6Br2O2S/c1-5-2-3-7(14-5)9(13)10-8(12)6(11)4-15-10/h2-4H,1H3. The van der Waals surface area contributed by atoms with Crippen LogP contribution < -0.4 is 0 Å². The molecular weight excluding hydrogens is 344 g/mol. The van der Waals surface area contributed by atoms with Crippen molar-refractivity contribution in [1.29, 1.82) is 0 Å². The molecule has 0 amide bonds. The van der Waals surface area contributed by atoms with E-state index in [0.29, 0.717) is 10.6 Å². The summed E-state index contributed by atoms with van der Waals surface area (Å²) < 4.78 is 6.96. The van der Waals surface area contributed by atoms with E-state index in [-0.39, 0.29) is 5.78 Å². The average Bonchev–Trinajstić information content (AvgIpc) is 2.75. The van der Waals surface area contributed by atoms with Crippen LogP contribution in [-0.2, 0) is 0 Å². The Morgan fingerprint density at radius 2 is 2.13 bits per heavy atom. The molecule has 2 heterocycles. The Kier molecular flexibility index (Phi) is 3.13. The van der Waals surface area contributed by atoms with E-state index in [0.717, 1.165) is 14.7 Å². The molecule has 0 N–H and O–H groups in total. The first kappa shape index (κ1) is 11.1. The van der Waals surface area contributed by atoms with Gasteiger partial charge in [0, 0.05) is 9.85 Å². The van der Waals surface area contributed by atoms with Gasteiger partial charge < -0.3 is 4.42 Å². The summed E-state index contributed by atoms with van der Waals surface area (Å²) in [4.78, 5) is 12.6. The molecule has 0 radical (unpaired) electrons. The van der Waals surface area contributed by atoms with Crippen molar-refractivity contribution < 1.29 is 9.21 Å². The number of carbonyl (C=O) groups is 1. The predicted molar refractivity (Wildman–Crippen MR) is 66.6 cm³/mol. The Morgan fingerprint density at radius 1 is 1.40 bits per heavy atom. The number of aryl methyl sites for hydroxylation is 1. The van der Waals surface area contributed by atoms with E-state index in [4.69, 9.17) is 4.42 Å². The monoisotopic (exact) mass is 348 g/mol. The fourth-order valence-electron chi connectivity index (χ4n) is 1.14. The van der Waals surface area contributed by atoms with Gasteiger partial charge in [-0.15, -0.1) is 11.3 Å². The zero-order valence-corrected chi connectivity index (χ0v) is 11.7. The fourth-order valence-corrected chi connectivity index (χ4v) is 3.24. The number of halogens is 2. The van der Waals surface area contributed by atoms with Crippen LogP contribution in [0.15, 0.2) is 30.9 Å². The number of hydrogen-bond donors (Lipinski definition) is 0. The largest absolute Gasteiger partial charge is 0.458 e. The van der Waals surface area contributed by atoms with Crippen LogP contribution in [0.25, 0.3) is 0 Å². The maximum Gasteiger partial charge on any atom is 0.239 e. The van der Waals surface area contributed by atoms with Crippen molar-refractivity contribution in [3.63, 3.8) is 0 Å². The van der Waals surface area contributed by atoms with Crippen molar-refractivity contribution in [3.05, 3.63) is 42.9 Å². The lowest BCUT2D eigenvalue weighted by atomic mass is 10.2. The van der Waals surface area contributed by atoms with Crippen LogP contribution in [0.5, 0.6) is 0 Å². The van der Waals surface area contributed by atoms with Gasteiger partial charge in [0.2, 0.25) is 5.78 Å². The highest BCUT2D eigenvalue weighted by Gasteiger charge is 2.19. The summed E-state index contributed by atoms with van der Waals surface area (Å²) >= 11 is 8.08.